The Balaban J connectivity index is 5.45. The molecule has 0 bridgehead atoms. The van der Waals surface area contributed by atoms with Crippen molar-refractivity contribution in [2.45, 2.75) is 31.6 Å². The van der Waals surface area contributed by atoms with E-state index in [0.29, 0.717) is 0 Å². The van der Waals surface area contributed by atoms with Crippen LogP contribution in [0.2, 0.25) is 0 Å². The number of alkyl halides is 6. The smallest absolute Gasteiger partial charge is 0.411 e. The Bertz CT molecular complexity index is 323. The molecule has 0 aliphatic carbocycles. The molecule has 0 N–H and O–H groups in total. The van der Waals surface area contributed by atoms with Crippen LogP contribution in [0.25, 0.3) is 0 Å². The van der Waals surface area contributed by atoms with Gasteiger partial charge < -0.3 is 9.47 Å². The van der Waals surface area contributed by atoms with Gasteiger partial charge in [-0.25, -0.2) is 9.59 Å². The molecule has 0 rings (SSSR count). The van der Waals surface area contributed by atoms with Crippen LogP contribution in [0.15, 0.2) is 0 Å². The second kappa shape index (κ2) is 5.66. The van der Waals surface area contributed by atoms with Crippen molar-refractivity contribution in [3.05, 3.63) is 0 Å². The van der Waals surface area contributed by atoms with E-state index in [4.69, 9.17) is 0 Å². The summed E-state index contributed by atoms with van der Waals surface area (Å²) in [5, 5.41) is 0. The molecule has 112 valence electrons. The molecular formula is C9H10F6O4. The molecule has 0 atom stereocenters. The first kappa shape index (κ1) is 17.5. The third-order valence-corrected chi connectivity index (χ3v) is 1.85. The third-order valence-electron chi connectivity index (χ3n) is 1.85. The lowest BCUT2D eigenvalue weighted by molar-refractivity contribution is -0.301. The Morgan fingerprint density at radius 2 is 1.05 bits per heavy atom. The summed E-state index contributed by atoms with van der Waals surface area (Å²) in [6.45, 7) is 0.566. The zero-order chi connectivity index (χ0) is 15.5. The van der Waals surface area contributed by atoms with Crippen LogP contribution in [0, 0.1) is 0 Å². The van der Waals surface area contributed by atoms with Gasteiger partial charge in [0.25, 0.3) is 0 Å². The highest BCUT2D eigenvalue weighted by atomic mass is 19.3. The quantitative estimate of drug-likeness (QED) is 0.556. The lowest BCUT2D eigenvalue weighted by Crippen LogP contribution is -2.61. The van der Waals surface area contributed by atoms with Gasteiger partial charge in [0, 0.05) is 0 Å². The van der Waals surface area contributed by atoms with Crippen LogP contribution < -0.4 is 0 Å². The molecule has 0 radical (unpaired) electrons. The van der Waals surface area contributed by atoms with Gasteiger partial charge in [0.1, 0.15) is 0 Å². The number of hydrogen-bond acceptors (Lipinski definition) is 4. The third kappa shape index (κ3) is 2.92. The molecule has 0 aromatic rings. The summed E-state index contributed by atoms with van der Waals surface area (Å²) in [7, 11) is 0. The number of carbonyl (C=O) groups excluding carboxylic acids is 2. The van der Waals surface area contributed by atoms with Crippen molar-refractivity contribution < 1.29 is 45.4 Å². The van der Waals surface area contributed by atoms with Gasteiger partial charge in [-0.3, -0.25) is 0 Å². The first-order valence-corrected chi connectivity index (χ1v) is 4.94. The number of halogens is 6. The van der Waals surface area contributed by atoms with Crippen molar-refractivity contribution in [3.63, 3.8) is 0 Å². The van der Waals surface area contributed by atoms with E-state index in [1.165, 1.54) is 0 Å². The van der Waals surface area contributed by atoms with Crippen LogP contribution in [0.5, 0.6) is 0 Å². The van der Waals surface area contributed by atoms with Crippen LogP contribution in [0.3, 0.4) is 0 Å². The largest absolute Gasteiger partial charge is 0.461 e. The minimum Gasteiger partial charge on any atom is -0.461 e. The molecule has 0 unspecified atom stereocenters. The molecule has 0 fully saturated rings. The van der Waals surface area contributed by atoms with Crippen LogP contribution in [-0.2, 0) is 19.1 Å². The molecule has 0 aromatic carbocycles. The molecule has 19 heavy (non-hydrogen) atoms. The topological polar surface area (TPSA) is 52.6 Å². The standard InChI is InChI=1S/C9H10F6O4/c1-3-18-5(16)7(10,11)9(14,15)8(12,13)6(17)19-4-2/h3-4H2,1-2H3. The van der Waals surface area contributed by atoms with Crippen molar-refractivity contribution in [2.75, 3.05) is 13.2 Å². The first-order chi connectivity index (χ1) is 8.46. The molecule has 0 amide bonds. The van der Waals surface area contributed by atoms with Crippen molar-refractivity contribution in [3.8, 4) is 0 Å². The number of carbonyl (C=O) groups is 2. The average molecular weight is 296 g/mol. The fourth-order valence-electron chi connectivity index (χ4n) is 0.897. The maximum absolute atomic E-state index is 13.0. The van der Waals surface area contributed by atoms with E-state index in [2.05, 4.69) is 9.47 Å². The predicted octanol–water partition coefficient (Wildman–Crippen LogP) is 2.02. The zero-order valence-electron chi connectivity index (χ0n) is 9.81. The van der Waals surface area contributed by atoms with Crippen LogP contribution >= 0.6 is 0 Å². The average Bonchev–Trinajstić information content (AvgIpc) is 2.28. The molecule has 0 aromatic heterocycles. The van der Waals surface area contributed by atoms with Crippen LogP contribution in [-0.4, -0.2) is 42.9 Å². The second-order valence-corrected chi connectivity index (χ2v) is 3.16. The minimum atomic E-state index is -6.28. The summed E-state index contributed by atoms with van der Waals surface area (Å²) in [5.74, 6) is -23.7. The van der Waals surface area contributed by atoms with E-state index >= 15 is 0 Å². The Morgan fingerprint density at radius 1 is 0.789 bits per heavy atom. The van der Waals surface area contributed by atoms with Gasteiger partial charge >= 0.3 is 29.7 Å². The maximum Gasteiger partial charge on any atom is 0.411 e. The summed E-state index contributed by atoms with van der Waals surface area (Å²) in [6.07, 6.45) is 0. The van der Waals surface area contributed by atoms with Crippen LogP contribution in [0.1, 0.15) is 13.8 Å². The number of ether oxygens (including phenoxy) is 2. The molecule has 0 aliphatic heterocycles. The molecule has 0 aliphatic rings. The number of rotatable bonds is 6. The first-order valence-electron chi connectivity index (χ1n) is 4.94. The Kier molecular flexibility index (Phi) is 5.22. The Labute approximate surface area is 103 Å². The van der Waals surface area contributed by atoms with Gasteiger partial charge in [0.2, 0.25) is 0 Å². The highest BCUT2D eigenvalue weighted by Gasteiger charge is 2.79. The predicted molar refractivity (Wildman–Crippen MR) is 48.1 cm³/mol. The van der Waals surface area contributed by atoms with Gasteiger partial charge in [-0.15, -0.1) is 0 Å². The molecule has 0 saturated heterocycles. The fourth-order valence-corrected chi connectivity index (χ4v) is 0.897. The molecule has 0 heterocycles. The molecular weight excluding hydrogens is 286 g/mol. The highest BCUT2D eigenvalue weighted by molar-refractivity contribution is 5.84. The summed E-state index contributed by atoms with van der Waals surface area (Å²) >= 11 is 0. The van der Waals surface area contributed by atoms with Gasteiger partial charge in [0.05, 0.1) is 13.2 Å². The van der Waals surface area contributed by atoms with Crippen molar-refractivity contribution >= 4 is 11.9 Å². The lowest BCUT2D eigenvalue weighted by atomic mass is 10.0. The van der Waals surface area contributed by atoms with Gasteiger partial charge in [-0.1, -0.05) is 0 Å². The van der Waals surface area contributed by atoms with Crippen molar-refractivity contribution in [1.82, 2.24) is 0 Å². The maximum atomic E-state index is 13.0. The lowest BCUT2D eigenvalue weighted by Gasteiger charge is -2.29. The summed E-state index contributed by atoms with van der Waals surface area (Å²) < 4.78 is 85.1. The van der Waals surface area contributed by atoms with E-state index in [-0.39, 0.29) is 0 Å². The van der Waals surface area contributed by atoms with E-state index in [0.717, 1.165) is 13.8 Å². The van der Waals surface area contributed by atoms with Crippen molar-refractivity contribution in [2.24, 2.45) is 0 Å². The fraction of sp³-hybridized carbons (Fsp3) is 0.778. The summed E-state index contributed by atoms with van der Waals surface area (Å²) in [5.41, 5.74) is 0. The molecule has 0 saturated carbocycles. The van der Waals surface area contributed by atoms with Gasteiger partial charge in [0.15, 0.2) is 0 Å². The zero-order valence-corrected chi connectivity index (χ0v) is 9.81. The summed E-state index contributed by atoms with van der Waals surface area (Å²) in [6, 6.07) is 0. The van der Waals surface area contributed by atoms with Crippen molar-refractivity contribution in [1.29, 1.82) is 0 Å². The second-order valence-electron chi connectivity index (χ2n) is 3.16. The van der Waals surface area contributed by atoms with E-state index in [1.54, 1.807) is 0 Å². The highest BCUT2D eigenvalue weighted by Crippen LogP contribution is 2.46. The van der Waals surface area contributed by atoms with E-state index in [1.807, 2.05) is 0 Å². The van der Waals surface area contributed by atoms with Crippen LogP contribution in [0.4, 0.5) is 26.3 Å². The molecule has 4 nitrogen and oxygen atoms in total. The Hall–Kier alpha value is -1.48. The summed E-state index contributed by atoms with van der Waals surface area (Å²) in [4.78, 5) is 21.2. The molecule has 10 heteroatoms. The molecule has 0 spiro atoms. The SMILES string of the molecule is CCOC(=O)C(F)(F)C(F)(F)C(F)(F)C(=O)OCC. The van der Waals surface area contributed by atoms with E-state index < -0.39 is 42.9 Å². The van der Waals surface area contributed by atoms with Gasteiger partial charge in [-0.2, -0.15) is 26.3 Å². The normalized spacial score (nSPS) is 13.1. The van der Waals surface area contributed by atoms with E-state index in [9.17, 15) is 35.9 Å². The Morgan fingerprint density at radius 3 is 1.26 bits per heavy atom. The monoisotopic (exact) mass is 296 g/mol. The number of esters is 2. The minimum absolute atomic E-state index is 0.727. The van der Waals surface area contributed by atoms with Gasteiger partial charge in [-0.05, 0) is 13.8 Å². The number of hydrogen-bond donors (Lipinski definition) is 0.